The highest BCUT2D eigenvalue weighted by molar-refractivity contribution is 9.10. The fourth-order valence-electron chi connectivity index (χ4n) is 3.38. The lowest BCUT2D eigenvalue weighted by molar-refractivity contribution is -0.150. The van der Waals surface area contributed by atoms with Crippen LogP contribution < -0.4 is 0 Å². The molecule has 1 saturated carbocycles. The average Bonchev–Trinajstić information content (AvgIpc) is 2.68. The van der Waals surface area contributed by atoms with Gasteiger partial charge in [-0.15, -0.1) is 0 Å². The molecule has 0 amide bonds. The van der Waals surface area contributed by atoms with Crippen molar-refractivity contribution in [2.45, 2.75) is 64.7 Å². The van der Waals surface area contributed by atoms with Crippen molar-refractivity contribution in [1.29, 1.82) is 0 Å². The van der Waals surface area contributed by atoms with Gasteiger partial charge in [0.1, 0.15) is 0 Å². The molecule has 0 saturated heterocycles. The molecule has 0 spiro atoms. The average molecular weight is 357 g/mol. The van der Waals surface area contributed by atoms with Crippen molar-refractivity contribution in [2.24, 2.45) is 12.5 Å². The van der Waals surface area contributed by atoms with Crippen molar-refractivity contribution in [2.75, 3.05) is 0 Å². The molecule has 0 aliphatic heterocycles. The van der Waals surface area contributed by atoms with Crippen LogP contribution in [0.1, 0.15) is 63.3 Å². The summed E-state index contributed by atoms with van der Waals surface area (Å²) in [7, 11) is 1.91. The summed E-state index contributed by atoms with van der Waals surface area (Å²) >= 11 is 3.62. The molecule has 1 aliphatic carbocycles. The molecule has 5 heteroatoms. The highest BCUT2D eigenvalue weighted by Crippen LogP contribution is 2.39. The molecule has 0 aromatic carbocycles. The zero-order chi connectivity index (χ0) is 15.5. The number of hydrogen-bond acceptors (Lipinski definition) is 2. The number of rotatable bonds is 4. The molecule has 0 bridgehead atoms. The Morgan fingerprint density at radius 2 is 1.86 bits per heavy atom. The summed E-state index contributed by atoms with van der Waals surface area (Å²) in [6.07, 6.45) is 8.57. The van der Waals surface area contributed by atoms with Gasteiger partial charge >= 0.3 is 5.97 Å². The van der Waals surface area contributed by atoms with Gasteiger partial charge in [-0.1, -0.05) is 39.0 Å². The van der Waals surface area contributed by atoms with E-state index in [1.54, 1.807) is 0 Å². The third-order valence-electron chi connectivity index (χ3n) is 4.77. The topological polar surface area (TPSA) is 55.1 Å². The van der Waals surface area contributed by atoms with Crippen LogP contribution in [-0.2, 0) is 24.7 Å². The van der Waals surface area contributed by atoms with Crippen LogP contribution in [0.5, 0.6) is 0 Å². The fourth-order valence-corrected chi connectivity index (χ4v) is 4.14. The minimum Gasteiger partial charge on any atom is -0.481 e. The molecule has 1 aliphatic rings. The third kappa shape index (κ3) is 3.50. The Morgan fingerprint density at radius 3 is 2.33 bits per heavy atom. The van der Waals surface area contributed by atoms with Crippen molar-refractivity contribution in [3.05, 3.63) is 15.9 Å². The first kappa shape index (κ1) is 16.5. The van der Waals surface area contributed by atoms with Crippen LogP contribution in [0.4, 0.5) is 0 Å². The van der Waals surface area contributed by atoms with E-state index in [9.17, 15) is 9.90 Å². The summed E-state index contributed by atoms with van der Waals surface area (Å²) < 4.78 is 2.85. The van der Waals surface area contributed by atoms with Gasteiger partial charge in [0.2, 0.25) is 0 Å². The monoisotopic (exact) mass is 356 g/mol. The van der Waals surface area contributed by atoms with E-state index in [4.69, 9.17) is 0 Å². The molecule has 2 rings (SSSR count). The summed E-state index contributed by atoms with van der Waals surface area (Å²) in [6, 6.07) is 0. The Balaban J connectivity index is 2.31. The molecule has 0 radical (unpaired) electrons. The molecule has 21 heavy (non-hydrogen) atoms. The minimum absolute atomic E-state index is 0.576. The third-order valence-corrected chi connectivity index (χ3v) is 5.69. The standard InChI is InChI=1S/C16H25BrN2O2/c1-3-12-14(17)13(19(2)18-12)11-16(15(20)21)9-7-5-4-6-8-10-16/h3-11H2,1-2H3,(H,20,21). The fraction of sp³-hybridized carbons (Fsp3) is 0.750. The summed E-state index contributed by atoms with van der Waals surface area (Å²) in [4.78, 5) is 12.0. The lowest BCUT2D eigenvalue weighted by Crippen LogP contribution is -2.35. The van der Waals surface area contributed by atoms with Crippen LogP contribution in [0.25, 0.3) is 0 Å². The predicted molar refractivity (Wildman–Crippen MR) is 86.4 cm³/mol. The number of aromatic nitrogens is 2. The normalized spacial score (nSPS) is 19.0. The molecule has 1 N–H and O–H groups in total. The molecule has 118 valence electrons. The van der Waals surface area contributed by atoms with E-state index in [-0.39, 0.29) is 0 Å². The van der Waals surface area contributed by atoms with Gasteiger partial charge in [0.05, 0.1) is 21.3 Å². The smallest absolute Gasteiger partial charge is 0.310 e. The maximum Gasteiger partial charge on any atom is 0.310 e. The van der Waals surface area contributed by atoms with Gasteiger partial charge in [0, 0.05) is 13.5 Å². The number of aliphatic carboxylic acids is 1. The van der Waals surface area contributed by atoms with Crippen molar-refractivity contribution >= 4 is 21.9 Å². The molecule has 1 aromatic rings. The van der Waals surface area contributed by atoms with Gasteiger partial charge in [0.25, 0.3) is 0 Å². The second-order valence-electron chi connectivity index (χ2n) is 6.21. The molecule has 4 nitrogen and oxygen atoms in total. The van der Waals surface area contributed by atoms with Crippen molar-refractivity contribution in [3.63, 3.8) is 0 Å². The Labute approximate surface area is 135 Å². The van der Waals surface area contributed by atoms with E-state index in [1.165, 1.54) is 6.42 Å². The van der Waals surface area contributed by atoms with Crippen molar-refractivity contribution < 1.29 is 9.90 Å². The van der Waals surface area contributed by atoms with Gasteiger partial charge in [0.15, 0.2) is 0 Å². The number of hydrogen-bond donors (Lipinski definition) is 1. The summed E-state index contributed by atoms with van der Waals surface area (Å²) in [5, 5.41) is 14.4. The molecule has 1 aromatic heterocycles. The molecular weight excluding hydrogens is 332 g/mol. The first-order valence-corrected chi connectivity index (χ1v) is 8.73. The predicted octanol–water partition coefficient (Wildman–Crippen LogP) is 4.10. The number of carbonyl (C=O) groups is 1. The summed E-state index contributed by atoms with van der Waals surface area (Å²) in [6.45, 7) is 2.07. The summed E-state index contributed by atoms with van der Waals surface area (Å²) in [5.74, 6) is -0.643. The van der Waals surface area contributed by atoms with Gasteiger partial charge in [-0.3, -0.25) is 9.48 Å². The summed E-state index contributed by atoms with van der Waals surface area (Å²) in [5.41, 5.74) is 1.41. The Hall–Kier alpha value is -0.840. The number of nitrogens with zero attached hydrogens (tertiary/aromatic N) is 2. The van der Waals surface area contributed by atoms with Gasteiger partial charge < -0.3 is 5.11 Å². The zero-order valence-electron chi connectivity index (χ0n) is 13.0. The Bertz CT molecular complexity index is 503. The van der Waals surface area contributed by atoms with Crippen molar-refractivity contribution in [1.82, 2.24) is 9.78 Å². The van der Waals surface area contributed by atoms with E-state index in [1.807, 2.05) is 11.7 Å². The maximum absolute atomic E-state index is 12.0. The van der Waals surface area contributed by atoms with Crippen molar-refractivity contribution in [3.8, 4) is 0 Å². The van der Waals surface area contributed by atoms with Crippen LogP contribution >= 0.6 is 15.9 Å². The lowest BCUT2D eigenvalue weighted by atomic mass is 9.73. The zero-order valence-corrected chi connectivity index (χ0v) is 14.6. The van der Waals surface area contributed by atoms with E-state index in [0.717, 1.165) is 60.8 Å². The number of carboxylic acid groups (broad SMARTS) is 1. The molecule has 1 fully saturated rings. The number of aryl methyl sites for hydroxylation is 2. The van der Waals surface area contributed by atoms with Crippen LogP contribution in [0.15, 0.2) is 4.47 Å². The Morgan fingerprint density at radius 1 is 1.29 bits per heavy atom. The van der Waals surface area contributed by atoms with Crippen LogP contribution in [-0.4, -0.2) is 20.9 Å². The SMILES string of the molecule is CCc1nn(C)c(CC2(C(=O)O)CCCCCCC2)c1Br. The van der Waals surface area contributed by atoms with Crippen LogP contribution in [0.3, 0.4) is 0 Å². The van der Waals surface area contributed by atoms with E-state index in [2.05, 4.69) is 28.0 Å². The molecule has 1 heterocycles. The highest BCUT2D eigenvalue weighted by Gasteiger charge is 2.39. The minimum atomic E-state index is -0.643. The van der Waals surface area contributed by atoms with Crippen LogP contribution in [0.2, 0.25) is 0 Å². The quantitative estimate of drug-likeness (QED) is 0.883. The lowest BCUT2D eigenvalue weighted by Gasteiger charge is -2.31. The molecule has 0 atom stereocenters. The number of halogens is 1. The van der Waals surface area contributed by atoms with E-state index < -0.39 is 11.4 Å². The second kappa shape index (κ2) is 6.95. The van der Waals surface area contributed by atoms with Crippen LogP contribution in [0, 0.1) is 5.41 Å². The Kier molecular flexibility index (Phi) is 5.47. The van der Waals surface area contributed by atoms with E-state index >= 15 is 0 Å². The first-order chi connectivity index (χ1) is 10.00. The molecule has 0 unspecified atom stereocenters. The van der Waals surface area contributed by atoms with Gasteiger partial charge in [-0.2, -0.15) is 5.10 Å². The highest BCUT2D eigenvalue weighted by atomic mass is 79.9. The first-order valence-electron chi connectivity index (χ1n) is 7.94. The van der Waals surface area contributed by atoms with E-state index in [0.29, 0.717) is 6.42 Å². The largest absolute Gasteiger partial charge is 0.481 e. The molecular formula is C16H25BrN2O2. The maximum atomic E-state index is 12.0. The second-order valence-corrected chi connectivity index (χ2v) is 7.01. The number of carboxylic acids is 1. The van der Waals surface area contributed by atoms with Gasteiger partial charge in [-0.25, -0.2) is 0 Å². The van der Waals surface area contributed by atoms with Gasteiger partial charge in [-0.05, 0) is 35.2 Å².